The molecule has 1 N–H and O–H groups in total. The van der Waals surface area contributed by atoms with E-state index in [2.05, 4.69) is 21.6 Å². The molecule has 0 saturated carbocycles. The number of aryl methyl sites for hydroxylation is 2. The lowest BCUT2D eigenvalue weighted by molar-refractivity contribution is -0.135. The highest BCUT2D eigenvalue weighted by molar-refractivity contribution is 5.95. The van der Waals surface area contributed by atoms with E-state index in [9.17, 15) is 9.59 Å². The lowest BCUT2D eigenvalue weighted by Crippen LogP contribution is -2.52. The Balaban J connectivity index is 1.24. The molecule has 3 aromatic rings. The Morgan fingerprint density at radius 1 is 1.03 bits per heavy atom. The summed E-state index contributed by atoms with van der Waals surface area (Å²) in [4.78, 5) is 28.6. The fourth-order valence-electron chi connectivity index (χ4n) is 5.34. The Bertz CT molecular complexity index is 1240. The second-order valence-corrected chi connectivity index (χ2v) is 10.3. The first-order chi connectivity index (χ1) is 17.9. The van der Waals surface area contributed by atoms with Crippen molar-refractivity contribution in [2.75, 3.05) is 19.7 Å². The summed E-state index contributed by atoms with van der Waals surface area (Å²) in [6.45, 7) is 5.28. The summed E-state index contributed by atoms with van der Waals surface area (Å²) in [6.07, 6.45) is 5.04. The molecule has 2 aliphatic heterocycles. The third-order valence-electron chi connectivity index (χ3n) is 7.58. The zero-order valence-electron chi connectivity index (χ0n) is 21.5. The minimum atomic E-state index is -0.455. The summed E-state index contributed by atoms with van der Waals surface area (Å²) in [5, 5.41) is 11.1. The molecule has 8 heteroatoms. The number of aromatic nitrogens is 2. The van der Waals surface area contributed by atoms with Gasteiger partial charge in [-0.3, -0.25) is 9.59 Å². The molecule has 0 bridgehead atoms. The third kappa shape index (κ3) is 5.53. The first-order valence-electron chi connectivity index (χ1n) is 13.1. The van der Waals surface area contributed by atoms with Crippen LogP contribution in [-0.4, -0.2) is 52.6 Å². The van der Waals surface area contributed by atoms with Gasteiger partial charge >= 0.3 is 0 Å². The van der Waals surface area contributed by atoms with Gasteiger partial charge in [0.05, 0.1) is 11.5 Å². The van der Waals surface area contributed by atoms with Gasteiger partial charge in [0.1, 0.15) is 12.4 Å². The van der Waals surface area contributed by atoms with Crippen LogP contribution in [0, 0.1) is 12.3 Å². The maximum absolute atomic E-state index is 13.5. The molecular weight excluding hydrogens is 468 g/mol. The van der Waals surface area contributed by atoms with E-state index in [1.54, 1.807) is 19.1 Å². The van der Waals surface area contributed by atoms with E-state index < -0.39 is 5.41 Å². The number of carbonyl (C=O) groups excluding carboxylic acids is 2. The molecular formula is C29H34N4O4. The van der Waals surface area contributed by atoms with Crippen molar-refractivity contribution in [2.24, 2.45) is 5.41 Å². The van der Waals surface area contributed by atoms with E-state index in [1.807, 2.05) is 42.2 Å². The monoisotopic (exact) mass is 502 g/mol. The molecule has 2 aromatic carbocycles. The summed E-state index contributed by atoms with van der Waals surface area (Å²) >= 11 is 0. The summed E-state index contributed by atoms with van der Waals surface area (Å²) in [7, 11) is 0. The van der Waals surface area contributed by atoms with Crippen LogP contribution in [0.1, 0.15) is 60.8 Å². The molecule has 2 aliphatic rings. The third-order valence-corrected chi connectivity index (χ3v) is 7.58. The molecule has 3 heterocycles. The van der Waals surface area contributed by atoms with Gasteiger partial charge in [-0.1, -0.05) is 24.6 Å². The van der Waals surface area contributed by atoms with Crippen molar-refractivity contribution >= 4 is 11.8 Å². The molecule has 37 heavy (non-hydrogen) atoms. The van der Waals surface area contributed by atoms with Crippen molar-refractivity contribution in [1.29, 1.82) is 0 Å². The molecule has 1 atom stereocenters. The number of amides is 2. The number of rotatable bonds is 2. The lowest BCUT2D eigenvalue weighted by Gasteiger charge is -2.41. The van der Waals surface area contributed by atoms with E-state index in [0.717, 1.165) is 37.0 Å². The average molecular weight is 503 g/mol. The van der Waals surface area contributed by atoms with Gasteiger partial charge in [-0.2, -0.15) is 0 Å². The highest BCUT2D eigenvalue weighted by Gasteiger charge is 2.42. The van der Waals surface area contributed by atoms with Crippen molar-refractivity contribution in [2.45, 2.75) is 58.4 Å². The van der Waals surface area contributed by atoms with Gasteiger partial charge in [-0.15, -0.1) is 10.2 Å². The molecule has 8 nitrogen and oxygen atoms in total. The predicted octanol–water partition coefficient (Wildman–Crippen LogP) is 4.58. The van der Waals surface area contributed by atoms with Crippen molar-refractivity contribution in [3.05, 3.63) is 65.5 Å². The van der Waals surface area contributed by atoms with Crippen LogP contribution in [0.3, 0.4) is 0 Å². The van der Waals surface area contributed by atoms with Gasteiger partial charge in [-0.25, -0.2) is 0 Å². The van der Waals surface area contributed by atoms with E-state index in [0.29, 0.717) is 49.9 Å². The molecule has 194 valence electrons. The Kier molecular flexibility index (Phi) is 7.26. The molecule has 0 radical (unpaired) electrons. The van der Waals surface area contributed by atoms with Crippen molar-refractivity contribution in [1.82, 2.24) is 20.4 Å². The highest BCUT2D eigenvalue weighted by atomic mass is 16.5. The highest BCUT2D eigenvalue weighted by Crippen LogP contribution is 2.38. The quantitative estimate of drug-likeness (QED) is 0.551. The van der Waals surface area contributed by atoms with E-state index in [1.165, 1.54) is 5.56 Å². The summed E-state index contributed by atoms with van der Waals surface area (Å²) in [6, 6.07) is 15.3. The number of likely N-dealkylation sites (tertiary alicyclic amines) is 1. The smallest absolute Gasteiger partial charge is 0.253 e. The number of para-hydroxylation sites is 1. The number of nitrogens with one attached hydrogen (secondary N) is 1. The number of hydrogen-bond acceptors (Lipinski definition) is 6. The van der Waals surface area contributed by atoms with Gasteiger partial charge in [0, 0.05) is 31.1 Å². The van der Waals surface area contributed by atoms with Crippen LogP contribution < -0.4 is 10.1 Å². The zero-order chi connectivity index (χ0) is 25.8. The molecule has 5 rings (SSSR count). The first-order valence-corrected chi connectivity index (χ1v) is 13.1. The second-order valence-electron chi connectivity index (χ2n) is 10.3. The van der Waals surface area contributed by atoms with Gasteiger partial charge in [0.15, 0.2) is 0 Å². The normalized spacial score (nSPS) is 20.2. The Morgan fingerprint density at radius 2 is 1.78 bits per heavy atom. The van der Waals surface area contributed by atoms with Crippen LogP contribution in [0.5, 0.6) is 5.75 Å². The topological polar surface area (TPSA) is 97.6 Å². The first kappa shape index (κ1) is 25.0. The van der Waals surface area contributed by atoms with Crippen LogP contribution in [0.4, 0.5) is 0 Å². The second kappa shape index (κ2) is 10.7. The van der Waals surface area contributed by atoms with Crippen molar-refractivity contribution in [3.63, 3.8) is 0 Å². The van der Waals surface area contributed by atoms with E-state index >= 15 is 0 Å². The fourth-order valence-corrected chi connectivity index (χ4v) is 5.34. The Labute approximate surface area is 217 Å². The maximum Gasteiger partial charge on any atom is 0.253 e. The average Bonchev–Trinajstić information content (AvgIpc) is 3.36. The molecule has 1 spiro atoms. The Morgan fingerprint density at radius 3 is 2.51 bits per heavy atom. The molecule has 0 aliphatic carbocycles. The van der Waals surface area contributed by atoms with E-state index in [4.69, 9.17) is 9.15 Å². The molecule has 1 saturated heterocycles. The molecule has 1 aromatic heterocycles. The van der Waals surface area contributed by atoms with Crippen LogP contribution in [-0.2, 0) is 11.2 Å². The van der Waals surface area contributed by atoms with Gasteiger partial charge in [0.25, 0.3) is 5.91 Å². The number of fused-ring (bicyclic) bond motifs is 1. The van der Waals surface area contributed by atoms with Crippen molar-refractivity contribution in [3.8, 4) is 17.2 Å². The van der Waals surface area contributed by atoms with Gasteiger partial charge in [0.2, 0.25) is 17.7 Å². The molecule has 1 fully saturated rings. The number of hydrogen-bond donors (Lipinski definition) is 1. The maximum atomic E-state index is 13.5. The van der Waals surface area contributed by atoms with Gasteiger partial charge in [-0.05, 0) is 74.9 Å². The molecule has 2 amide bonds. The number of ether oxygens (including phenoxy) is 1. The number of benzene rings is 2. The Hall–Kier alpha value is -3.68. The zero-order valence-corrected chi connectivity index (χ0v) is 21.5. The summed E-state index contributed by atoms with van der Waals surface area (Å²) in [5.74, 6) is 1.91. The van der Waals surface area contributed by atoms with Crippen molar-refractivity contribution < 1.29 is 18.7 Å². The van der Waals surface area contributed by atoms with Gasteiger partial charge < -0.3 is 19.4 Å². The minimum absolute atomic E-state index is 0.0185. The number of nitrogens with zero attached hydrogens (tertiary/aromatic N) is 3. The minimum Gasteiger partial charge on any atom is -0.491 e. The lowest BCUT2D eigenvalue weighted by atomic mass is 9.73. The van der Waals surface area contributed by atoms with Crippen LogP contribution in [0.25, 0.3) is 11.5 Å². The number of carbonyl (C=O) groups is 2. The van der Waals surface area contributed by atoms with E-state index in [-0.39, 0.29) is 17.9 Å². The van der Waals surface area contributed by atoms with Crippen LogP contribution in [0.2, 0.25) is 0 Å². The standard InChI is InChI=1S/C29H34N4O4/c1-20-19-36-25-9-4-3-7-22(25)8-5-6-14-29(28(35)30-20)15-17-33(18-16-29)27(34)24-12-10-23(11-13-24)26-32-31-21(2)37-26/h3-4,7,9-13,20H,5-6,8,14-19H2,1-2H3,(H,30,35)/t20-/m0/s1. The number of piperidine rings is 1. The fraction of sp³-hybridized carbons (Fsp3) is 0.448. The summed E-state index contributed by atoms with van der Waals surface area (Å²) < 4.78 is 11.5. The SMILES string of the molecule is Cc1nnc(-c2ccc(C(=O)N3CCC4(CCCCc5ccccc5OC[C@H](C)NC4=O)CC3)cc2)o1. The predicted molar refractivity (Wildman–Crippen MR) is 139 cm³/mol. The van der Waals surface area contributed by atoms with Crippen LogP contribution in [0.15, 0.2) is 52.9 Å². The summed E-state index contributed by atoms with van der Waals surface area (Å²) in [5.41, 5.74) is 2.16. The largest absolute Gasteiger partial charge is 0.491 e. The molecule has 0 unspecified atom stereocenters. The van der Waals surface area contributed by atoms with Crippen LogP contribution >= 0.6 is 0 Å².